The predicted molar refractivity (Wildman–Crippen MR) is 63.2 cm³/mol. The van der Waals surface area contributed by atoms with Gasteiger partial charge in [-0.15, -0.1) is 0 Å². The monoisotopic (exact) mass is 230 g/mol. The highest BCUT2D eigenvalue weighted by atomic mass is 16.1. The lowest BCUT2D eigenvalue weighted by atomic mass is 10.2. The zero-order valence-corrected chi connectivity index (χ0v) is 9.39. The molecule has 0 aliphatic carbocycles. The van der Waals surface area contributed by atoms with E-state index in [4.69, 9.17) is 0 Å². The Bertz CT molecular complexity index is 453. The second kappa shape index (κ2) is 5.79. The number of nitrogens with zero attached hydrogens (tertiary/aromatic N) is 2. The van der Waals surface area contributed by atoms with Crippen molar-refractivity contribution in [1.29, 1.82) is 0 Å². The van der Waals surface area contributed by atoms with Crippen molar-refractivity contribution in [3.05, 3.63) is 48.0 Å². The molecule has 0 aromatic carbocycles. The van der Waals surface area contributed by atoms with Crippen LogP contribution in [0.5, 0.6) is 0 Å². The van der Waals surface area contributed by atoms with Gasteiger partial charge in [-0.05, 0) is 30.2 Å². The molecule has 2 heterocycles. The Labute approximate surface area is 99.3 Å². The van der Waals surface area contributed by atoms with Crippen LogP contribution in [0.25, 0.3) is 0 Å². The van der Waals surface area contributed by atoms with Gasteiger partial charge in [-0.25, -0.2) is 0 Å². The second-order valence-electron chi connectivity index (χ2n) is 3.71. The van der Waals surface area contributed by atoms with Gasteiger partial charge in [0.05, 0.1) is 6.42 Å². The van der Waals surface area contributed by atoms with E-state index in [2.05, 4.69) is 20.5 Å². The number of hydrogen-bond acceptors (Lipinski definition) is 3. The van der Waals surface area contributed by atoms with Crippen LogP contribution >= 0.6 is 0 Å². The minimum atomic E-state index is 0.00306. The van der Waals surface area contributed by atoms with Crippen molar-refractivity contribution in [2.75, 3.05) is 6.54 Å². The first-order valence-electron chi connectivity index (χ1n) is 5.48. The molecule has 0 fully saturated rings. The Morgan fingerprint density at radius 2 is 2.06 bits per heavy atom. The number of H-pyrrole nitrogens is 1. The van der Waals surface area contributed by atoms with E-state index in [0.29, 0.717) is 13.0 Å². The molecule has 2 rings (SSSR count). The van der Waals surface area contributed by atoms with Crippen LogP contribution in [0, 0.1) is 0 Å². The summed E-state index contributed by atoms with van der Waals surface area (Å²) in [6.45, 7) is 0.636. The molecule has 5 nitrogen and oxygen atoms in total. The van der Waals surface area contributed by atoms with Gasteiger partial charge in [-0.2, -0.15) is 5.10 Å². The van der Waals surface area contributed by atoms with Gasteiger partial charge in [-0.1, -0.05) is 0 Å². The fraction of sp³-hybridized carbons (Fsp3) is 0.250. The molecule has 0 radical (unpaired) electrons. The van der Waals surface area contributed by atoms with Crippen molar-refractivity contribution in [3.63, 3.8) is 0 Å². The molecular weight excluding hydrogens is 216 g/mol. The normalized spacial score (nSPS) is 10.1. The molecule has 0 aliphatic rings. The minimum absolute atomic E-state index is 0.00306. The summed E-state index contributed by atoms with van der Waals surface area (Å²) in [6, 6.07) is 5.69. The lowest BCUT2D eigenvalue weighted by Gasteiger charge is -2.04. The lowest BCUT2D eigenvalue weighted by Crippen LogP contribution is -2.27. The molecule has 0 spiro atoms. The number of aromatic amines is 1. The van der Waals surface area contributed by atoms with E-state index < -0.39 is 0 Å². The van der Waals surface area contributed by atoms with Gasteiger partial charge < -0.3 is 5.32 Å². The Balaban J connectivity index is 1.70. The van der Waals surface area contributed by atoms with Crippen LogP contribution in [-0.2, 0) is 17.6 Å². The van der Waals surface area contributed by atoms with Gasteiger partial charge in [0.15, 0.2) is 0 Å². The maximum absolute atomic E-state index is 11.5. The molecular formula is C12H14N4O. The van der Waals surface area contributed by atoms with Crippen molar-refractivity contribution in [1.82, 2.24) is 20.5 Å². The number of aromatic nitrogens is 3. The summed E-state index contributed by atoms with van der Waals surface area (Å²) < 4.78 is 0. The van der Waals surface area contributed by atoms with Crippen molar-refractivity contribution in [3.8, 4) is 0 Å². The molecule has 17 heavy (non-hydrogen) atoms. The van der Waals surface area contributed by atoms with Crippen LogP contribution in [0.3, 0.4) is 0 Å². The summed E-state index contributed by atoms with van der Waals surface area (Å²) in [6.07, 6.45) is 6.30. The molecule has 5 heteroatoms. The van der Waals surface area contributed by atoms with Crippen LogP contribution in [0.1, 0.15) is 11.3 Å². The van der Waals surface area contributed by atoms with E-state index in [0.717, 1.165) is 12.1 Å². The van der Waals surface area contributed by atoms with Gasteiger partial charge in [0.25, 0.3) is 0 Å². The largest absolute Gasteiger partial charge is 0.355 e. The first-order valence-corrected chi connectivity index (χ1v) is 5.48. The highest BCUT2D eigenvalue weighted by Crippen LogP contribution is 1.97. The van der Waals surface area contributed by atoms with Crippen LogP contribution < -0.4 is 5.32 Å². The van der Waals surface area contributed by atoms with Gasteiger partial charge in [0.1, 0.15) is 0 Å². The van der Waals surface area contributed by atoms with E-state index in [1.807, 2.05) is 12.1 Å². The van der Waals surface area contributed by atoms with Crippen molar-refractivity contribution in [2.24, 2.45) is 0 Å². The van der Waals surface area contributed by atoms with E-state index in [1.165, 1.54) is 5.56 Å². The van der Waals surface area contributed by atoms with Crippen molar-refractivity contribution >= 4 is 5.91 Å². The maximum atomic E-state index is 11.5. The molecule has 0 aliphatic heterocycles. The van der Waals surface area contributed by atoms with Crippen LogP contribution in [0.4, 0.5) is 0 Å². The summed E-state index contributed by atoms with van der Waals surface area (Å²) in [5.41, 5.74) is 1.99. The fourth-order valence-electron chi connectivity index (χ4n) is 1.51. The van der Waals surface area contributed by atoms with Gasteiger partial charge in [0, 0.05) is 30.8 Å². The lowest BCUT2D eigenvalue weighted by molar-refractivity contribution is -0.120. The third kappa shape index (κ3) is 3.71. The molecule has 88 valence electrons. The summed E-state index contributed by atoms with van der Waals surface area (Å²) in [7, 11) is 0. The van der Waals surface area contributed by atoms with E-state index >= 15 is 0 Å². The van der Waals surface area contributed by atoms with E-state index in [9.17, 15) is 4.79 Å². The fourth-order valence-corrected chi connectivity index (χ4v) is 1.51. The number of rotatable bonds is 5. The number of carbonyl (C=O) groups is 1. The first kappa shape index (κ1) is 11.3. The Kier molecular flexibility index (Phi) is 3.85. The summed E-state index contributed by atoms with van der Waals surface area (Å²) >= 11 is 0. The average Bonchev–Trinajstić information content (AvgIpc) is 2.83. The molecule has 1 amide bonds. The average molecular weight is 230 g/mol. The number of hydrogen-bond donors (Lipinski definition) is 2. The zero-order valence-electron chi connectivity index (χ0n) is 9.39. The molecule has 0 saturated carbocycles. The van der Waals surface area contributed by atoms with Gasteiger partial charge in [-0.3, -0.25) is 14.9 Å². The molecule has 0 bridgehead atoms. The van der Waals surface area contributed by atoms with Gasteiger partial charge in [0.2, 0.25) is 5.91 Å². The standard InChI is InChI=1S/C12H14N4O/c17-12(9-11-4-8-15-16-11)14-7-3-10-1-5-13-6-2-10/h1-2,4-6,8H,3,7,9H2,(H,14,17)(H,15,16). The second-order valence-corrected chi connectivity index (χ2v) is 3.71. The Morgan fingerprint density at radius 3 is 2.76 bits per heavy atom. The Hall–Kier alpha value is -2.17. The molecule has 0 saturated heterocycles. The topological polar surface area (TPSA) is 70.7 Å². The molecule has 2 N–H and O–H groups in total. The highest BCUT2D eigenvalue weighted by molar-refractivity contribution is 5.78. The Morgan fingerprint density at radius 1 is 1.24 bits per heavy atom. The summed E-state index contributed by atoms with van der Waals surface area (Å²) in [5, 5.41) is 9.41. The van der Waals surface area contributed by atoms with Crippen LogP contribution in [-0.4, -0.2) is 27.6 Å². The molecule has 0 atom stereocenters. The predicted octanol–water partition coefficient (Wildman–Crippen LogP) is 0.706. The van der Waals surface area contributed by atoms with E-state index in [-0.39, 0.29) is 5.91 Å². The number of amides is 1. The van der Waals surface area contributed by atoms with Crippen LogP contribution in [0.15, 0.2) is 36.8 Å². The number of carbonyl (C=O) groups excluding carboxylic acids is 1. The third-order valence-corrected chi connectivity index (χ3v) is 2.39. The third-order valence-electron chi connectivity index (χ3n) is 2.39. The molecule has 2 aromatic rings. The smallest absolute Gasteiger partial charge is 0.226 e. The van der Waals surface area contributed by atoms with Crippen LogP contribution in [0.2, 0.25) is 0 Å². The summed E-state index contributed by atoms with van der Waals surface area (Å²) in [5.74, 6) is 0.00306. The maximum Gasteiger partial charge on any atom is 0.226 e. The zero-order chi connectivity index (χ0) is 11.9. The van der Waals surface area contributed by atoms with Gasteiger partial charge >= 0.3 is 0 Å². The van der Waals surface area contributed by atoms with E-state index in [1.54, 1.807) is 24.7 Å². The van der Waals surface area contributed by atoms with Crippen molar-refractivity contribution < 1.29 is 4.79 Å². The summed E-state index contributed by atoms with van der Waals surface area (Å²) in [4.78, 5) is 15.5. The first-order chi connectivity index (χ1) is 8.34. The molecule has 0 unspecified atom stereocenters. The number of pyridine rings is 1. The number of nitrogens with one attached hydrogen (secondary N) is 2. The van der Waals surface area contributed by atoms with Crippen molar-refractivity contribution in [2.45, 2.75) is 12.8 Å². The highest BCUT2D eigenvalue weighted by Gasteiger charge is 2.03. The minimum Gasteiger partial charge on any atom is -0.355 e. The molecule has 2 aromatic heterocycles. The SMILES string of the molecule is O=C(Cc1ccn[nH]1)NCCc1ccncc1. The quantitative estimate of drug-likeness (QED) is 0.794.